The molecule has 0 amide bonds. The van der Waals surface area contributed by atoms with E-state index in [1.807, 2.05) is 0 Å². The van der Waals surface area contributed by atoms with Crippen molar-refractivity contribution in [3.8, 4) is 0 Å². The normalized spacial score (nSPS) is 48.1. The molecule has 5 rings (SSSR count). The quantitative estimate of drug-likeness (QED) is 0.337. The second-order valence-corrected chi connectivity index (χ2v) is 14.5. The van der Waals surface area contributed by atoms with Gasteiger partial charge < -0.3 is 19.7 Å². The van der Waals surface area contributed by atoms with Gasteiger partial charge in [0.15, 0.2) is 0 Å². The molecule has 0 heterocycles. The first-order valence-electron chi connectivity index (χ1n) is 14.5. The molecule has 10 atom stereocenters. The summed E-state index contributed by atoms with van der Waals surface area (Å²) in [7, 11) is 0. The Morgan fingerprint density at radius 1 is 0.973 bits per heavy atom. The minimum Gasteiger partial charge on any atom is -0.546 e. The molecule has 5 aliphatic rings. The van der Waals surface area contributed by atoms with Crippen LogP contribution in [0.2, 0.25) is 0 Å². The number of allylic oxidation sites excluding steroid dienone is 2. The summed E-state index contributed by atoms with van der Waals surface area (Å²) in [5.74, 6) is 0.929. The van der Waals surface area contributed by atoms with E-state index in [4.69, 9.17) is 4.74 Å². The van der Waals surface area contributed by atoms with Crippen molar-refractivity contribution >= 4 is 11.9 Å². The van der Waals surface area contributed by atoms with Crippen molar-refractivity contribution in [3.63, 3.8) is 0 Å². The van der Waals surface area contributed by atoms with Crippen LogP contribution in [0.3, 0.4) is 0 Å². The number of aliphatic hydroxyl groups is 1. The monoisotopic (exact) mass is 538 g/mol. The number of carbonyl (C=O) groups is 2. The number of rotatable bonds is 3. The van der Waals surface area contributed by atoms with Crippen molar-refractivity contribution in [2.45, 2.75) is 105 Å². The zero-order chi connectivity index (χ0) is 26.3. The van der Waals surface area contributed by atoms with E-state index in [0.717, 1.165) is 51.4 Å². The molecule has 0 aliphatic heterocycles. The van der Waals surface area contributed by atoms with Gasteiger partial charge in [-0.1, -0.05) is 53.2 Å². The van der Waals surface area contributed by atoms with Gasteiger partial charge in [-0.3, -0.25) is 4.79 Å². The summed E-state index contributed by atoms with van der Waals surface area (Å²) < 4.78 is 5.37. The average Bonchev–Trinajstić information content (AvgIpc) is 2.81. The standard InChI is InChI=1S/C31H48O5.K/c1-18-9-15-31(27(35)36-17-25(33)34)16-10-21-20(26(31)19(18)2)7-8-23-29(21,5)13-11-22-28(3,4)24(32)12-14-30(22,23)6;/h7,18-19,21-24,26,32H,8-17H2,1-6H3,(H,33,34);/q;+1/p-1/t18-,19+,21-,22?,23+,24+,26+,29+,30+,31+;/m1./s1. The second kappa shape index (κ2) is 10.3. The van der Waals surface area contributed by atoms with Gasteiger partial charge in [0.05, 0.1) is 17.5 Å². The molecule has 202 valence electrons. The molecule has 0 aromatic carbocycles. The minimum atomic E-state index is -1.33. The van der Waals surface area contributed by atoms with Crippen molar-refractivity contribution in [2.24, 2.45) is 57.2 Å². The smallest absolute Gasteiger partial charge is 0.546 e. The number of hydrogen-bond donors (Lipinski definition) is 1. The Labute approximate surface area is 266 Å². The van der Waals surface area contributed by atoms with Gasteiger partial charge in [-0.15, -0.1) is 0 Å². The van der Waals surface area contributed by atoms with Crippen LogP contribution in [0.4, 0.5) is 0 Å². The van der Waals surface area contributed by atoms with Crippen LogP contribution in [0.5, 0.6) is 0 Å². The first-order chi connectivity index (χ1) is 16.8. The van der Waals surface area contributed by atoms with Crippen molar-refractivity contribution < 1.29 is 75.9 Å². The van der Waals surface area contributed by atoms with Crippen LogP contribution in [0.1, 0.15) is 99.3 Å². The molecular weight excluding hydrogens is 491 g/mol. The zero-order valence-electron chi connectivity index (χ0n) is 24.3. The number of aliphatic carboxylic acids is 1. The summed E-state index contributed by atoms with van der Waals surface area (Å²) in [4.78, 5) is 24.6. The minimum absolute atomic E-state index is 0. The molecular formula is C31H47KO5. The first kappa shape index (κ1) is 30.2. The van der Waals surface area contributed by atoms with Crippen molar-refractivity contribution in [1.82, 2.24) is 0 Å². The van der Waals surface area contributed by atoms with E-state index in [1.165, 1.54) is 12.0 Å². The third-order valence-electron chi connectivity index (χ3n) is 12.9. The van der Waals surface area contributed by atoms with E-state index in [9.17, 15) is 19.8 Å². The van der Waals surface area contributed by atoms with Gasteiger partial charge in [0.1, 0.15) is 6.61 Å². The Morgan fingerprint density at radius 3 is 2.30 bits per heavy atom. The fraction of sp³-hybridized carbons (Fsp3) is 0.871. The molecule has 4 saturated carbocycles. The van der Waals surface area contributed by atoms with Gasteiger partial charge in [-0.05, 0) is 110 Å². The SMILES string of the molecule is C[C@H]1[C@H](C)CC[C@]2(C(=O)OCC(=O)[O-])CC[C@@H]3C(=CC[C@H]4[C@@]3(C)CCC3C(C)(C)[C@@H](O)CC[C@@]34C)[C@H]12.[K+]. The Kier molecular flexibility index (Phi) is 8.40. The number of fused-ring (bicyclic) bond motifs is 7. The number of aliphatic hydroxyl groups excluding tert-OH is 1. The van der Waals surface area contributed by atoms with E-state index < -0.39 is 18.0 Å². The van der Waals surface area contributed by atoms with Gasteiger partial charge in [-0.25, -0.2) is 0 Å². The van der Waals surface area contributed by atoms with Crippen LogP contribution in [-0.2, 0) is 14.3 Å². The van der Waals surface area contributed by atoms with Crippen LogP contribution >= 0.6 is 0 Å². The molecule has 0 bridgehead atoms. The predicted molar refractivity (Wildman–Crippen MR) is 136 cm³/mol. The second-order valence-electron chi connectivity index (χ2n) is 14.5. The molecule has 0 aromatic rings. The van der Waals surface area contributed by atoms with E-state index in [1.54, 1.807) is 0 Å². The average molecular weight is 539 g/mol. The molecule has 1 unspecified atom stereocenters. The maximum Gasteiger partial charge on any atom is 1.00 e. The van der Waals surface area contributed by atoms with E-state index in [2.05, 4.69) is 47.6 Å². The van der Waals surface area contributed by atoms with Crippen LogP contribution in [0.25, 0.3) is 0 Å². The van der Waals surface area contributed by atoms with E-state index in [0.29, 0.717) is 29.6 Å². The molecule has 5 nitrogen and oxygen atoms in total. The molecule has 4 fully saturated rings. The third kappa shape index (κ3) is 4.41. The summed E-state index contributed by atoms with van der Waals surface area (Å²) in [6.45, 7) is 13.6. The number of hydrogen-bond acceptors (Lipinski definition) is 5. The summed E-state index contributed by atoms with van der Waals surface area (Å²) in [5.41, 5.74) is 1.21. The summed E-state index contributed by atoms with van der Waals surface area (Å²) in [6, 6.07) is 0. The number of carbonyl (C=O) groups excluding carboxylic acids is 2. The Hall–Kier alpha value is 0.276. The Morgan fingerprint density at radius 2 is 1.62 bits per heavy atom. The molecule has 6 heteroatoms. The van der Waals surface area contributed by atoms with Gasteiger partial charge in [0.2, 0.25) is 0 Å². The van der Waals surface area contributed by atoms with E-state index >= 15 is 0 Å². The first-order valence-corrected chi connectivity index (χ1v) is 14.5. The molecule has 1 N–H and O–H groups in total. The number of carboxylic acids is 1. The largest absolute Gasteiger partial charge is 1.00 e. The van der Waals surface area contributed by atoms with E-state index in [-0.39, 0.29) is 85.6 Å². The molecule has 5 aliphatic carbocycles. The topological polar surface area (TPSA) is 86.7 Å². The Balaban J connectivity index is 0.00000320. The number of ether oxygens (including phenoxy) is 1. The molecule has 37 heavy (non-hydrogen) atoms. The zero-order valence-corrected chi connectivity index (χ0v) is 27.4. The summed E-state index contributed by atoms with van der Waals surface area (Å²) >= 11 is 0. The van der Waals surface area contributed by atoms with Crippen molar-refractivity contribution in [3.05, 3.63) is 11.6 Å². The predicted octanol–water partition coefficient (Wildman–Crippen LogP) is 1.91. The third-order valence-corrected chi connectivity index (χ3v) is 12.9. The van der Waals surface area contributed by atoms with Crippen molar-refractivity contribution in [1.29, 1.82) is 0 Å². The van der Waals surface area contributed by atoms with Gasteiger partial charge >= 0.3 is 57.4 Å². The van der Waals surface area contributed by atoms with Gasteiger partial charge in [-0.2, -0.15) is 0 Å². The van der Waals surface area contributed by atoms with Crippen LogP contribution in [0.15, 0.2) is 11.6 Å². The van der Waals surface area contributed by atoms with Crippen LogP contribution in [-0.4, -0.2) is 29.8 Å². The molecule has 0 aromatic heterocycles. The maximum atomic E-state index is 13.5. The molecule has 0 spiro atoms. The summed E-state index contributed by atoms with van der Waals surface area (Å²) in [6.07, 6.45) is 11.2. The molecule has 0 radical (unpaired) electrons. The van der Waals surface area contributed by atoms with Gasteiger partial charge in [0.25, 0.3) is 0 Å². The fourth-order valence-electron chi connectivity index (χ4n) is 10.8. The fourth-order valence-corrected chi connectivity index (χ4v) is 10.8. The van der Waals surface area contributed by atoms with Crippen LogP contribution in [0, 0.1) is 57.2 Å². The van der Waals surface area contributed by atoms with Crippen molar-refractivity contribution in [2.75, 3.05) is 6.61 Å². The molecule has 0 saturated heterocycles. The summed E-state index contributed by atoms with van der Waals surface area (Å²) in [5, 5.41) is 22.0. The number of carboxylic acid groups (broad SMARTS) is 1. The maximum absolute atomic E-state index is 13.5. The van der Waals surface area contributed by atoms with Crippen LogP contribution < -0.4 is 56.5 Å². The van der Waals surface area contributed by atoms with Gasteiger partial charge in [0, 0.05) is 0 Å². The number of esters is 1. The Bertz CT molecular complexity index is 959.